The normalized spacial score (nSPS) is 25.0. The molecule has 0 radical (unpaired) electrons. The largest absolute Gasteiger partial charge is 0.376 e. The van der Waals surface area contributed by atoms with Crippen LogP contribution in [0.2, 0.25) is 0 Å². The molecule has 0 spiro atoms. The number of nitrogens with zero attached hydrogens (tertiary/aromatic N) is 4. The maximum absolute atomic E-state index is 13.0. The highest BCUT2D eigenvalue weighted by Crippen LogP contribution is 2.32. The Morgan fingerprint density at radius 2 is 1.96 bits per heavy atom. The molecule has 1 unspecified atom stereocenters. The summed E-state index contributed by atoms with van der Waals surface area (Å²) < 4.78 is 33.7. The summed E-state index contributed by atoms with van der Waals surface area (Å²) >= 11 is 0. The Labute approximate surface area is 169 Å². The fraction of sp³-hybridized carbons (Fsp3) is 0.850. The van der Waals surface area contributed by atoms with Gasteiger partial charge in [0.15, 0.2) is 0 Å². The molecule has 1 saturated carbocycles. The minimum atomic E-state index is -3.35. The number of rotatable bonds is 8. The highest BCUT2D eigenvalue weighted by Gasteiger charge is 2.33. The van der Waals surface area contributed by atoms with Crippen LogP contribution in [0.5, 0.6) is 0 Å². The van der Waals surface area contributed by atoms with Gasteiger partial charge < -0.3 is 14.2 Å². The third-order valence-electron chi connectivity index (χ3n) is 6.46. The van der Waals surface area contributed by atoms with Crippen molar-refractivity contribution in [3.63, 3.8) is 0 Å². The third-order valence-corrected chi connectivity index (χ3v) is 8.26. The molecule has 1 aromatic rings. The van der Waals surface area contributed by atoms with E-state index in [9.17, 15) is 8.42 Å². The topological polar surface area (TPSA) is 67.7 Å². The van der Waals surface area contributed by atoms with E-state index in [4.69, 9.17) is 4.74 Å². The van der Waals surface area contributed by atoms with E-state index in [-0.39, 0.29) is 17.0 Å². The van der Waals surface area contributed by atoms with Crippen molar-refractivity contribution in [3.05, 3.63) is 11.9 Å². The first-order chi connectivity index (χ1) is 13.4. The predicted molar refractivity (Wildman–Crippen MR) is 108 cm³/mol. The number of sulfone groups is 1. The van der Waals surface area contributed by atoms with E-state index in [2.05, 4.69) is 28.9 Å². The molecule has 158 valence electrons. The van der Waals surface area contributed by atoms with Gasteiger partial charge in [0, 0.05) is 19.2 Å². The third kappa shape index (κ3) is 4.78. The summed E-state index contributed by atoms with van der Waals surface area (Å²) in [5.74, 6) is 0.558. The average Bonchev–Trinajstić information content (AvgIpc) is 3.15. The first-order valence-corrected chi connectivity index (χ1v) is 12.3. The minimum absolute atomic E-state index is 0.0939. The van der Waals surface area contributed by atoms with Crippen molar-refractivity contribution in [1.29, 1.82) is 0 Å². The molecule has 1 atom stereocenters. The lowest BCUT2D eigenvalue weighted by Gasteiger charge is -2.35. The summed E-state index contributed by atoms with van der Waals surface area (Å²) in [5, 5.41) is 0.252. The molecule has 0 bridgehead atoms. The molecule has 4 rings (SSSR count). The monoisotopic (exact) mass is 410 g/mol. The summed E-state index contributed by atoms with van der Waals surface area (Å²) in [5.41, 5.74) is 0.992. The number of hydrogen-bond acceptors (Lipinski definition) is 6. The lowest BCUT2D eigenvalue weighted by atomic mass is 10.0. The summed E-state index contributed by atoms with van der Waals surface area (Å²) in [7, 11) is 0.976. The second kappa shape index (κ2) is 8.42. The van der Waals surface area contributed by atoms with E-state index in [1.807, 2.05) is 4.57 Å². The predicted octanol–water partition coefficient (Wildman–Crippen LogP) is 1.77. The van der Waals surface area contributed by atoms with Gasteiger partial charge in [-0.05, 0) is 71.6 Å². The van der Waals surface area contributed by atoms with Crippen molar-refractivity contribution in [2.24, 2.45) is 5.92 Å². The molecule has 2 saturated heterocycles. The number of likely N-dealkylation sites (tertiary alicyclic amines) is 1. The van der Waals surface area contributed by atoms with Crippen LogP contribution >= 0.6 is 0 Å². The van der Waals surface area contributed by atoms with E-state index < -0.39 is 9.84 Å². The molecular formula is C20H34N4O3S. The minimum Gasteiger partial charge on any atom is -0.376 e. The van der Waals surface area contributed by atoms with Gasteiger partial charge in [0.2, 0.25) is 15.0 Å². The Hall–Kier alpha value is -0.960. The highest BCUT2D eigenvalue weighted by molar-refractivity contribution is 7.91. The molecule has 3 heterocycles. The Kier molecular flexibility index (Phi) is 6.11. The van der Waals surface area contributed by atoms with E-state index >= 15 is 0 Å². The van der Waals surface area contributed by atoms with Crippen LogP contribution < -0.4 is 0 Å². The van der Waals surface area contributed by atoms with Gasteiger partial charge in [0.25, 0.3) is 0 Å². The van der Waals surface area contributed by atoms with Crippen LogP contribution in [-0.4, -0.2) is 79.5 Å². The van der Waals surface area contributed by atoms with Gasteiger partial charge in [0.05, 0.1) is 30.3 Å². The lowest BCUT2D eigenvalue weighted by Crippen LogP contribution is -2.41. The van der Waals surface area contributed by atoms with Crippen LogP contribution in [0.25, 0.3) is 0 Å². The second-order valence-corrected chi connectivity index (χ2v) is 10.9. The summed E-state index contributed by atoms with van der Waals surface area (Å²) in [4.78, 5) is 9.14. The number of aromatic nitrogens is 2. The first-order valence-electron chi connectivity index (χ1n) is 10.7. The van der Waals surface area contributed by atoms with Gasteiger partial charge in [0.1, 0.15) is 0 Å². The number of hydrogen-bond donors (Lipinski definition) is 0. The quantitative estimate of drug-likeness (QED) is 0.651. The maximum Gasteiger partial charge on any atom is 0.227 e. The van der Waals surface area contributed by atoms with Crippen molar-refractivity contribution in [1.82, 2.24) is 19.4 Å². The zero-order valence-electron chi connectivity index (χ0n) is 17.2. The smallest absolute Gasteiger partial charge is 0.227 e. The van der Waals surface area contributed by atoms with Crippen LogP contribution in [-0.2, 0) is 27.7 Å². The molecule has 8 heteroatoms. The lowest BCUT2D eigenvalue weighted by molar-refractivity contribution is 0.0920. The number of imidazole rings is 1. The van der Waals surface area contributed by atoms with E-state index in [0.29, 0.717) is 18.5 Å². The summed E-state index contributed by atoms with van der Waals surface area (Å²) in [6.07, 6.45) is 8.27. The standard InChI is InChI=1S/C20H34N4O3S/c1-22-9-7-17(8-10-22)23(2)13-18-12-21-20(28(25,26)15-16-5-6-16)24(18)14-19-4-3-11-27-19/h12,16-17,19H,3-11,13-15H2,1-2H3. The first kappa shape index (κ1) is 20.3. The molecule has 0 N–H and O–H groups in total. The van der Waals surface area contributed by atoms with E-state index in [0.717, 1.165) is 70.5 Å². The Morgan fingerprint density at radius 1 is 1.21 bits per heavy atom. The van der Waals surface area contributed by atoms with Crippen LogP contribution in [0.1, 0.15) is 44.2 Å². The molecule has 2 aliphatic heterocycles. The molecule has 0 aromatic carbocycles. The van der Waals surface area contributed by atoms with Gasteiger partial charge in [-0.1, -0.05) is 0 Å². The van der Waals surface area contributed by atoms with Crippen LogP contribution in [0, 0.1) is 5.92 Å². The van der Waals surface area contributed by atoms with Crippen LogP contribution in [0.4, 0.5) is 0 Å². The van der Waals surface area contributed by atoms with Crippen molar-refractivity contribution < 1.29 is 13.2 Å². The fourth-order valence-electron chi connectivity index (χ4n) is 4.44. The van der Waals surface area contributed by atoms with Gasteiger partial charge in [-0.25, -0.2) is 13.4 Å². The second-order valence-electron chi connectivity index (χ2n) is 8.95. The fourth-order valence-corrected chi connectivity index (χ4v) is 6.29. The van der Waals surface area contributed by atoms with Crippen molar-refractivity contribution in [2.45, 2.75) is 68.9 Å². The Morgan fingerprint density at radius 3 is 2.61 bits per heavy atom. The molecule has 1 aromatic heterocycles. The molecular weight excluding hydrogens is 376 g/mol. The zero-order chi connectivity index (χ0) is 19.7. The zero-order valence-corrected chi connectivity index (χ0v) is 18.0. The number of piperidine rings is 1. The highest BCUT2D eigenvalue weighted by atomic mass is 32.2. The Balaban J connectivity index is 1.53. The van der Waals surface area contributed by atoms with Gasteiger partial charge >= 0.3 is 0 Å². The van der Waals surface area contributed by atoms with E-state index in [1.54, 1.807) is 6.20 Å². The van der Waals surface area contributed by atoms with Crippen molar-refractivity contribution >= 4 is 9.84 Å². The molecule has 1 aliphatic carbocycles. The van der Waals surface area contributed by atoms with Gasteiger partial charge in [-0.15, -0.1) is 0 Å². The van der Waals surface area contributed by atoms with Gasteiger partial charge in [-0.2, -0.15) is 0 Å². The molecule has 3 fully saturated rings. The van der Waals surface area contributed by atoms with Crippen molar-refractivity contribution in [3.8, 4) is 0 Å². The molecule has 0 amide bonds. The average molecular weight is 411 g/mol. The van der Waals surface area contributed by atoms with Crippen molar-refractivity contribution in [2.75, 3.05) is 39.5 Å². The number of ether oxygens (including phenoxy) is 1. The molecule has 3 aliphatic rings. The SMILES string of the molecule is CN1CCC(N(C)Cc2cnc(S(=O)(=O)CC3CC3)n2CC2CCCO2)CC1. The van der Waals surface area contributed by atoms with Crippen LogP contribution in [0.3, 0.4) is 0 Å². The maximum atomic E-state index is 13.0. The summed E-state index contributed by atoms with van der Waals surface area (Å²) in [6, 6.07) is 0.536. The molecule has 28 heavy (non-hydrogen) atoms. The summed E-state index contributed by atoms with van der Waals surface area (Å²) in [6.45, 7) is 4.33. The Bertz CT molecular complexity index is 760. The van der Waals surface area contributed by atoms with E-state index in [1.165, 1.54) is 0 Å². The van der Waals surface area contributed by atoms with Crippen LogP contribution in [0.15, 0.2) is 11.4 Å². The van der Waals surface area contributed by atoms with Gasteiger partial charge in [-0.3, -0.25) is 4.90 Å². The molecule has 7 nitrogen and oxygen atoms in total.